The van der Waals surface area contributed by atoms with E-state index >= 15 is 0 Å². The van der Waals surface area contributed by atoms with Crippen LogP contribution in [-0.2, 0) is 6.42 Å². The summed E-state index contributed by atoms with van der Waals surface area (Å²) in [7, 11) is 2.89. The number of methoxy groups -OCH3 is 1. The van der Waals surface area contributed by atoms with E-state index in [0.717, 1.165) is 6.54 Å². The standard InChI is InChI=1S/C26H30F4N5OPS/c1-35-12-10-19(18(27)15-35)33-20-8-5-7-16-17(13-26(28,29)30)22(38-23(16)20)9-6-11-31-21-14-32-25(37(3)4)34-24(21)36-2/h5,7-8,14,18-19,31,33H,10-13,15H2,1-4H3/t18-,19+/m0/s1. The molecule has 0 bridgehead atoms. The highest BCUT2D eigenvalue weighted by Gasteiger charge is 2.32. The molecule has 0 radical (unpaired) electrons. The molecule has 1 fully saturated rings. The summed E-state index contributed by atoms with van der Waals surface area (Å²) in [5, 5.41) is 6.82. The molecule has 0 unspecified atom stereocenters. The zero-order chi connectivity index (χ0) is 27.4. The normalized spacial score (nSPS) is 18.3. The zero-order valence-electron chi connectivity index (χ0n) is 21.6. The van der Waals surface area contributed by atoms with Crippen LogP contribution < -0.4 is 20.9 Å². The van der Waals surface area contributed by atoms with Gasteiger partial charge in [0, 0.05) is 13.1 Å². The smallest absolute Gasteiger partial charge is 0.393 e. The molecule has 38 heavy (non-hydrogen) atoms. The van der Waals surface area contributed by atoms with Gasteiger partial charge in [-0.1, -0.05) is 24.0 Å². The quantitative estimate of drug-likeness (QED) is 0.236. The van der Waals surface area contributed by atoms with Crippen molar-refractivity contribution >= 4 is 46.3 Å². The fourth-order valence-electron chi connectivity index (χ4n) is 4.29. The minimum atomic E-state index is -4.39. The minimum absolute atomic E-state index is 0.137. The van der Waals surface area contributed by atoms with Crippen LogP contribution in [0.2, 0.25) is 0 Å². The molecule has 1 aromatic carbocycles. The first-order valence-corrected chi connectivity index (χ1v) is 15.1. The number of benzene rings is 1. The van der Waals surface area contributed by atoms with Gasteiger partial charge in [0.1, 0.15) is 11.9 Å². The van der Waals surface area contributed by atoms with Gasteiger partial charge in [-0.3, -0.25) is 0 Å². The van der Waals surface area contributed by atoms with Crippen molar-refractivity contribution in [1.29, 1.82) is 0 Å². The molecule has 12 heteroatoms. The maximum Gasteiger partial charge on any atom is 0.393 e. The number of nitrogens with zero attached hydrogens (tertiary/aromatic N) is 3. The van der Waals surface area contributed by atoms with Gasteiger partial charge in [0.25, 0.3) is 0 Å². The Hall–Kier alpha value is -2.67. The largest absolute Gasteiger partial charge is 0.479 e. The van der Waals surface area contributed by atoms with Gasteiger partial charge in [-0.2, -0.15) is 18.2 Å². The summed E-state index contributed by atoms with van der Waals surface area (Å²) in [5.41, 5.74) is 2.03. The zero-order valence-corrected chi connectivity index (χ0v) is 23.3. The highest BCUT2D eigenvalue weighted by atomic mass is 32.1. The van der Waals surface area contributed by atoms with Gasteiger partial charge >= 0.3 is 6.18 Å². The third kappa shape index (κ3) is 6.85. The summed E-state index contributed by atoms with van der Waals surface area (Å²) >= 11 is 1.20. The molecule has 204 valence electrons. The van der Waals surface area contributed by atoms with Crippen LogP contribution >= 0.6 is 19.3 Å². The number of fused-ring (bicyclic) bond motifs is 1. The Morgan fingerprint density at radius 3 is 2.74 bits per heavy atom. The molecule has 0 saturated carbocycles. The van der Waals surface area contributed by atoms with E-state index in [1.165, 1.54) is 18.4 Å². The summed E-state index contributed by atoms with van der Waals surface area (Å²) in [4.78, 5) is 11.0. The number of ether oxygens (including phenoxy) is 1. The van der Waals surface area contributed by atoms with Gasteiger partial charge in [0.05, 0.1) is 47.6 Å². The van der Waals surface area contributed by atoms with Crippen LogP contribution in [0.4, 0.5) is 28.9 Å². The van der Waals surface area contributed by atoms with Crippen molar-refractivity contribution in [2.45, 2.75) is 31.2 Å². The Labute approximate surface area is 224 Å². The summed E-state index contributed by atoms with van der Waals surface area (Å²) in [6, 6.07) is 4.76. The lowest BCUT2D eigenvalue weighted by Crippen LogP contribution is -2.46. The third-order valence-electron chi connectivity index (χ3n) is 6.18. The van der Waals surface area contributed by atoms with E-state index in [0.29, 0.717) is 50.7 Å². The van der Waals surface area contributed by atoms with Crippen molar-refractivity contribution in [2.24, 2.45) is 0 Å². The maximum atomic E-state index is 14.7. The van der Waals surface area contributed by atoms with Crippen LogP contribution in [0.15, 0.2) is 24.4 Å². The fourth-order valence-corrected chi connectivity index (χ4v) is 6.04. The number of halogens is 4. The second-order valence-electron chi connectivity index (χ2n) is 9.34. The second-order valence-corrected chi connectivity index (χ2v) is 12.6. The number of nitrogens with one attached hydrogen (secondary N) is 2. The van der Waals surface area contributed by atoms with Crippen molar-refractivity contribution in [2.75, 3.05) is 57.8 Å². The Bertz CT molecular complexity index is 1340. The molecule has 1 saturated heterocycles. The number of anilines is 2. The van der Waals surface area contributed by atoms with Gasteiger partial charge in [-0.05, 0) is 51.7 Å². The molecule has 6 nitrogen and oxygen atoms in total. The molecule has 3 heterocycles. The lowest BCUT2D eigenvalue weighted by molar-refractivity contribution is -0.126. The number of thiophene rings is 1. The molecule has 4 rings (SSSR count). The van der Waals surface area contributed by atoms with Gasteiger partial charge in [-0.25, -0.2) is 9.37 Å². The molecular formula is C26H30F4N5OPS. The van der Waals surface area contributed by atoms with Gasteiger partial charge in [0.2, 0.25) is 5.88 Å². The van der Waals surface area contributed by atoms with Gasteiger partial charge < -0.3 is 20.3 Å². The second kappa shape index (κ2) is 12.0. The van der Waals surface area contributed by atoms with Crippen LogP contribution in [0.1, 0.15) is 16.9 Å². The molecule has 1 aliphatic rings. The Morgan fingerprint density at radius 2 is 2.05 bits per heavy atom. The SMILES string of the molecule is COc1nc(P(C)C)ncc1NCC#Cc1sc2c(N[C@@H]3CCN(C)C[C@@H]3F)cccc2c1CC(F)(F)F. The van der Waals surface area contributed by atoms with Crippen molar-refractivity contribution in [1.82, 2.24) is 14.9 Å². The monoisotopic (exact) mass is 567 g/mol. The van der Waals surface area contributed by atoms with Crippen LogP contribution in [0.25, 0.3) is 10.1 Å². The van der Waals surface area contributed by atoms with E-state index in [1.807, 2.05) is 25.3 Å². The van der Waals surface area contributed by atoms with Crippen LogP contribution in [0, 0.1) is 11.8 Å². The highest BCUT2D eigenvalue weighted by Crippen LogP contribution is 2.39. The molecule has 0 spiro atoms. The minimum Gasteiger partial charge on any atom is -0.479 e. The molecular weight excluding hydrogens is 537 g/mol. The molecule has 2 atom stereocenters. The topological polar surface area (TPSA) is 62.3 Å². The summed E-state index contributed by atoms with van der Waals surface area (Å²) in [5.74, 6) is 6.25. The van der Waals surface area contributed by atoms with E-state index in [-0.39, 0.29) is 12.1 Å². The molecule has 2 aromatic heterocycles. The molecule has 2 N–H and O–H groups in total. The number of hydrogen-bond donors (Lipinski definition) is 2. The summed E-state index contributed by atoms with van der Waals surface area (Å²) < 4.78 is 61.2. The number of piperidine rings is 1. The van der Waals surface area contributed by atoms with Crippen LogP contribution in [-0.4, -0.2) is 80.4 Å². The van der Waals surface area contributed by atoms with Crippen LogP contribution in [0.3, 0.4) is 0 Å². The van der Waals surface area contributed by atoms with E-state index in [1.54, 1.807) is 24.4 Å². The number of alkyl halides is 4. The molecule has 0 aliphatic carbocycles. The van der Waals surface area contributed by atoms with Gasteiger partial charge in [-0.15, -0.1) is 11.3 Å². The lowest BCUT2D eigenvalue weighted by atomic mass is 10.0. The Kier molecular flexibility index (Phi) is 8.96. The number of likely N-dealkylation sites (tertiary alicyclic amines) is 1. The summed E-state index contributed by atoms with van der Waals surface area (Å²) in [6.07, 6.45) is -4.32. The van der Waals surface area contributed by atoms with E-state index < -0.39 is 32.7 Å². The number of rotatable bonds is 7. The first kappa shape index (κ1) is 28.3. The van der Waals surface area contributed by atoms with Crippen molar-refractivity contribution in [3.05, 3.63) is 34.8 Å². The predicted molar refractivity (Wildman–Crippen MR) is 148 cm³/mol. The maximum absolute atomic E-state index is 14.7. The van der Waals surface area contributed by atoms with Crippen molar-refractivity contribution in [3.8, 4) is 17.7 Å². The predicted octanol–water partition coefficient (Wildman–Crippen LogP) is 5.09. The van der Waals surface area contributed by atoms with Crippen molar-refractivity contribution < 1.29 is 22.3 Å². The van der Waals surface area contributed by atoms with Gasteiger partial charge in [0.15, 0.2) is 5.57 Å². The highest BCUT2D eigenvalue weighted by molar-refractivity contribution is 7.63. The average Bonchev–Trinajstić information content (AvgIpc) is 3.20. The van der Waals surface area contributed by atoms with E-state index in [2.05, 4.69) is 32.4 Å². The van der Waals surface area contributed by atoms with Crippen molar-refractivity contribution in [3.63, 3.8) is 0 Å². The average molecular weight is 568 g/mol. The third-order valence-corrected chi connectivity index (χ3v) is 8.40. The van der Waals surface area contributed by atoms with E-state index in [9.17, 15) is 17.6 Å². The van der Waals surface area contributed by atoms with Crippen LogP contribution in [0.5, 0.6) is 5.88 Å². The molecule has 0 amide bonds. The number of aromatic nitrogens is 2. The first-order valence-electron chi connectivity index (χ1n) is 12.1. The molecule has 3 aromatic rings. The lowest BCUT2D eigenvalue weighted by Gasteiger charge is -2.33. The fraction of sp³-hybridized carbons (Fsp3) is 0.462. The number of hydrogen-bond acceptors (Lipinski definition) is 7. The summed E-state index contributed by atoms with van der Waals surface area (Å²) in [6.45, 7) is 5.31. The first-order chi connectivity index (χ1) is 18.1. The van der Waals surface area contributed by atoms with E-state index in [4.69, 9.17) is 4.74 Å². The Morgan fingerprint density at radius 1 is 1.26 bits per heavy atom. The Balaban J connectivity index is 1.60. The molecule has 1 aliphatic heterocycles.